The van der Waals surface area contributed by atoms with Gasteiger partial charge in [0, 0.05) is 44.3 Å². The lowest BCUT2D eigenvalue weighted by molar-refractivity contribution is 0.0354. The first-order valence-corrected chi connectivity index (χ1v) is 39.1. The molecule has 360 valence electrons. The van der Waals surface area contributed by atoms with Crippen LogP contribution < -0.4 is 20.7 Å². The largest absolute Gasteiger partial charge is 0.480 e. The highest BCUT2D eigenvalue weighted by Gasteiger charge is 2.79. The Morgan fingerprint density at radius 2 is 0.379 bits per heavy atom. The van der Waals surface area contributed by atoms with E-state index in [1.807, 2.05) is 24.3 Å². The van der Waals surface area contributed by atoms with Crippen LogP contribution >= 0.6 is 0 Å². The van der Waals surface area contributed by atoms with Gasteiger partial charge in [0.2, 0.25) is 0 Å². The maximum Gasteiger partial charge on any atom is 0.480 e. The van der Waals surface area contributed by atoms with Gasteiger partial charge in [0.1, 0.15) is 0 Å². The zero-order valence-electron chi connectivity index (χ0n) is 42.2. The van der Waals surface area contributed by atoms with Crippen LogP contribution in [0.25, 0.3) is 0 Å². The predicted molar refractivity (Wildman–Crippen MR) is 282 cm³/mol. The second-order valence-electron chi connectivity index (χ2n) is 20.8. The van der Waals surface area contributed by atoms with Crippen LogP contribution in [-0.2, 0) is 41.2 Å². The standard InChI is InChI=1S/C48H76O10Si8/c1-37(2)59(45-29-21-17-22-30-45)49-60(38(3)4,46-31-23-18-24-32-46)52-64(42(11)12)55-63(51-59,41(9)10)57-65(43(13)14)53-61(39(5)6,47-33-25-19-26-34-47)50-62(40(7)8,48-35-27-20-28-36-48)54-66(56-65,58-64)44(15)16/h17-44H,1-16H3. The van der Waals surface area contributed by atoms with E-state index in [4.69, 9.17) is 41.2 Å². The molecule has 4 aromatic carbocycles. The van der Waals surface area contributed by atoms with E-state index >= 15 is 0 Å². The SMILES string of the molecule is CC(C)[Si]12O[Si](C(C)C)(O[Si]3(C(C)C)O[Si](C(C)C)(O1)O[Si](c1ccccc1)(C(C)C)O[Si](c1ccccc1)(C(C)C)O3)O[Si](c1ccccc1)(C(C)C)O[Si](c1ccccc1)(C(C)C)O2. The normalized spacial score (nSPS) is 34.4. The summed E-state index contributed by atoms with van der Waals surface area (Å²) >= 11 is 0. The highest BCUT2D eigenvalue weighted by atomic mass is 28.6. The minimum Gasteiger partial charge on any atom is -0.408 e. The molecular weight excluding hydrogens is 961 g/mol. The average molecular weight is 1040 g/mol. The second kappa shape index (κ2) is 19.4. The Labute approximate surface area is 405 Å². The van der Waals surface area contributed by atoms with Crippen LogP contribution in [0.15, 0.2) is 121 Å². The molecule has 7 rings (SSSR count). The number of hydrogen-bond acceptors (Lipinski definition) is 10. The molecule has 0 amide bonds. The molecule has 66 heavy (non-hydrogen) atoms. The molecule has 4 aromatic rings. The summed E-state index contributed by atoms with van der Waals surface area (Å²) in [6.45, 7) is 34.8. The molecule has 4 atom stereocenters. The van der Waals surface area contributed by atoms with E-state index in [1.54, 1.807) is 0 Å². The fourth-order valence-corrected chi connectivity index (χ4v) is 62.6. The minimum atomic E-state index is -4.20. The third-order valence-electron chi connectivity index (χ3n) is 13.5. The minimum absolute atomic E-state index is 0.114. The maximum atomic E-state index is 8.27. The average Bonchev–Trinajstić information content (AvgIpc) is 3.26. The maximum absolute atomic E-state index is 8.27. The number of benzene rings is 4. The van der Waals surface area contributed by atoms with Crippen LogP contribution in [0, 0.1) is 0 Å². The van der Waals surface area contributed by atoms with Crippen molar-refractivity contribution in [1.82, 2.24) is 0 Å². The molecule has 0 aromatic heterocycles. The zero-order chi connectivity index (χ0) is 48.1. The van der Waals surface area contributed by atoms with Crippen molar-refractivity contribution in [2.45, 2.75) is 155 Å². The van der Waals surface area contributed by atoms with Crippen molar-refractivity contribution in [3.8, 4) is 0 Å². The van der Waals surface area contributed by atoms with Crippen molar-refractivity contribution in [3.63, 3.8) is 0 Å². The van der Waals surface area contributed by atoms with E-state index in [2.05, 4.69) is 208 Å². The van der Waals surface area contributed by atoms with E-state index in [-0.39, 0.29) is 44.3 Å². The quantitative estimate of drug-likeness (QED) is 0.128. The van der Waals surface area contributed by atoms with Gasteiger partial charge in [-0.25, -0.2) is 0 Å². The van der Waals surface area contributed by atoms with E-state index < -0.39 is 69.5 Å². The monoisotopic (exact) mass is 1040 g/mol. The Bertz CT molecular complexity index is 1930. The number of fused-ring (bicyclic) bond motifs is 4. The Morgan fingerprint density at radius 3 is 0.515 bits per heavy atom. The summed E-state index contributed by atoms with van der Waals surface area (Å²) in [4.78, 5) is 0. The number of rotatable bonds is 12. The molecule has 0 spiro atoms. The molecule has 0 N–H and O–H groups in total. The van der Waals surface area contributed by atoms with Gasteiger partial charge in [0.25, 0.3) is 0 Å². The van der Waals surface area contributed by atoms with Gasteiger partial charge in [0.15, 0.2) is 0 Å². The van der Waals surface area contributed by atoms with Gasteiger partial charge in [-0.2, -0.15) is 0 Å². The predicted octanol–water partition coefficient (Wildman–Crippen LogP) is 10.6. The van der Waals surface area contributed by atoms with Crippen LogP contribution in [0.3, 0.4) is 0 Å². The smallest absolute Gasteiger partial charge is 0.408 e. The van der Waals surface area contributed by atoms with E-state index in [9.17, 15) is 0 Å². The van der Waals surface area contributed by atoms with Gasteiger partial charge in [-0.1, -0.05) is 232 Å². The van der Waals surface area contributed by atoms with Gasteiger partial charge >= 0.3 is 69.5 Å². The molecular formula is C48H76O10Si8. The summed E-state index contributed by atoms with van der Waals surface area (Å²) in [7, 11) is -31.6. The first-order chi connectivity index (χ1) is 31.0. The zero-order valence-corrected chi connectivity index (χ0v) is 50.2. The van der Waals surface area contributed by atoms with Gasteiger partial charge in [-0.05, 0) is 20.7 Å². The first kappa shape index (κ1) is 52.0. The van der Waals surface area contributed by atoms with Crippen molar-refractivity contribution in [2.24, 2.45) is 0 Å². The van der Waals surface area contributed by atoms with Gasteiger partial charge in [-0.3, -0.25) is 0 Å². The summed E-state index contributed by atoms with van der Waals surface area (Å²) in [5.41, 5.74) is -1.70. The van der Waals surface area contributed by atoms with Crippen LogP contribution in [0.4, 0.5) is 0 Å². The molecule has 4 unspecified atom stereocenters. The topological polar surface area (TPSA) is 92.3 Å². The van der Waals surface area contributed by atoms with E-state index in [0.717, 1.165) is 20.7 Å². The Kier molecular flexibility index (Phi) is 15.3. The second-order valence-corrected chi connectivity index (χ2v) is 50.7. The van der Waals surface area contributed by atoms with E-state index in [1.165, 1.54) is 0 Å². The lowest BCUT2D eigenvalue weighted by atomic mass is 10.4. The molecule has 3 heterocycles. The molecule has 0 aliphatic carbocycles. The summed E-state index contributed by atoms with van der Waals surface area (Å²) in [5.74, 6) is 0. The van der Waals surface area contributed by atoms with Crippen LogP contribution in [0.5, 0.6) is 0 Å². The Morgan fingerprint density at radius 1 is 0.212 bits per heavy atom. The molecule has 0 radical (unpaired) electrons. The lowest BCUT2D eigenvalue weighted by Gasteiger charge is -2.62. The van der Waals surface area contributed by atoms with Crippen molar-refractivity contribution in [1.29, 1.82) is 0 Å². The molecule has 10 nitrogen and oxygen atoms in total. The van der Waals surface area contributed by atoms with Crippen molar-refractivity contribution in [3.05, 3.63) is 121 Å². The molecule has 0 saturated carbocycles. The van der Waals surface area contributed by atoms with E-state index in [0.29, 0.717) is 0 Å². The van der Waals surface area contributed by atoms with Crippen molar-refractivity contribution in [2.75, 3.05) is 0 Å². The molecule has 18 heteroatoms. The first-order valence-electron chi connectivity index (χ1n) is 24.3. The molecule has 3 aliphatic heterocycles. The van der Waals surface area contributed by atoms with Gasteiger partial charge in [-0.15, -0.1) is 0 Å². The third kappa shape index (κ3) is 8.86. The molecule has 3 aliphatic rings. The van der Waals surface area contributed by atoms with Crippen LogP contribution in [-0.4, -0.2) is 69.5 Å². The third-order valence-corrected chi connectivity index (χ3v) is 53.1. The Balaban J connectivity index is 1.66. The summed E-state index contributed by atoms with van der Waals surface area (Å²) < 4.78 is 82.5. The Hall–Kier alpha value is -1.78. The fourth-order valence-electron chi connectivity index (χ4n) is 9.27. The highest BCUT2D eigenvalue weighted by molar-refractivity contribution is 7.07. The van der Waals surface area contributed by atoms with Gasteiger partial charge in [0.05, 0.1) is 0 Å². The molecule has 3 fully saturated rings. The molecule has 4 bridgehead atoms. The number of hydrogen-bond donors (Lipinski definition) is 0. The fraction of sp³-hybridized carbons (Fsp3) is 0.500. The summed E-state index contributed by atoms with van der Waals surface area (Å²) in [6.07, 6.45) is 0. The lowest BCUT2D eigenvalue weighted by Crippen LogP contribution is -2.86. The van der Waals surface area contributed by atoms with Gasteiger partial charge < -0.3 is 41.2 Å². The van der Waals surface area contributed by atoms with Crippen molar-refractivity contribution >= 4 is 90.2 Å². The van der Waals surface area contributed by atoms with Crippen LogP contribution in [0.1, 0.15) is 111 Å². The van der Waals surface area contributed by atoms with Crippen LogP contribution in [0.2, 0.25) is 44.3 Å². The highest BCUT2D eigenvalue weighted by Crippen LogP contribution is 2.54. The molecule has 3 saturated heterocycles. The summed E-state index contributed by atoms with van der Waals surface area (Å²) in [6, 6.07) is 41.9. The van der Waals surface area contributed by atoms with Crippen molar-refractivity contribution < 1.29 is 41.2 Å². The summed E-state index contributed by atoms with van der Waals surface area (Å²) in [5, 5.41) is 3.95.